The summed E-state index contributed by atoms with van der Waals surface area (Å²) in [6, 6.07) is 13.9. The van der Waals surface area contributed by atoms with Crippen LogP contribution < -0.4 is 16.2 Å². The zero-order valence-electron chi connectivity index (χ0n) is 11.8. The molecule has 4 heteroatoms. The van der Waals surface area contributed by atoms with Crippen molar-refractivity contribution in [2.45, 2.75) is 31.9 Å². The smallest absolute Gasteiger partial charge is 0.237 e. The second-order valence-electron chi connectivity index (χ2n) is 5.39. The van der Waals surface area contributed by atoms with Crippen LogP contribution in [0.3, 0.4) is 0 Å². The summed E-state index contributed by atoms with van der Waals surface area (Å²) in [5.41, 5.74) is 10.1. The van der Waals surface area contributed by atoms with E-state index in [2.05, 4.69) is 0 Å². The molecule has 1 amide bonds. The zero-order chi connectivity index (χ0) is 14.8. The average molecular weight is 272 g/mol. The van der Waals surface area contributed by atoms with Gasteiger partial charge in [0.2, 0.25) is 5.91 Å². The van der Waals surface area contributed by atoms with Gasteiger partial charge in [-0.25, -0.2) is 0 Å². The summed E-state index contributed by atoms with van der Waals surface area (Å²) in [6.07, 6.45) is 0.161. The van der Waals surface area contributed by atoms with Crippen LogP contribution in [0.5, 0.6) is 5.75 Å². The van der Waals surface area contributed by atoms with E-state index in [-0.39, 0.29) is 6.10 Å². The van der Waals surface area contributed by atoms with Crippen molar-refractivity contribution >= 4 is 16.7 Å². The van der Waals surface area contributed by atoms with E-state index < -0.39 is 11.4 Å². The molecule has 0 saturated heterocycles. The fraction of sp³-hybridized carbons (Fsp3) is 0.312. The molecule has 0 radical (unpaired) electrons. The van der Waals surface area contributed by atoms with Crippen LogP contribution in [0, 0.1) is 0 Å². The average Bonchev–Trinajstić information content (AvgIpc) is 2.38. The quantitative estimate of drug-likeness (QED) is 0.875. The first-order valence-corrected chi connectivity index (χ1v) is 6.63. The van der Waals surface area contributed by atoms with E-state index in [9.17, 15) is 4.79 Å². The minimum atomic E-state index is -1.07. The van der Waals surface area contributed by atoms with Crippen LogP contribution in [0.15, 0.2) is 42.5 Å². The first kappa shape index (κ1) is 14.3. The van der Waals surface area contributed by atoms with E-state index >= 15 is 0 Å². The third kappa shape index (κ3) is 3.08. The van der Waals surface area contributed by atoms with Crippen LogP contribution >= 0.6 is 0 Å². The van der Waals surface area contributed by atoms with E-state index in [4.69, 9.17) is 16.2 Å². The Kier molecular flexibility index (Phi) is 3.95. The maximum Gasteiger partial charge on any atom is 0.237 e. The first-order chi connectivity index (χ1) is 9.40. The van der Waals surface area contributed by atoms with Gasteiger partial charge >= 0.3 is 0 Å². The lowest BCUT2D eigenvalue weighted by atomic mass is 9.95. The number of benzene rings is 2. The fourth-order valence-electron chi connectivity index (χ4n) is 2.25. The van der Waals surface area contributed by atoms with Crippen molar-refractivity contribution in [3.05, 3.63) is 42.5 Å². The summed E-state index contributed by atoms with van der Waals surface area (Å²) < 4.78 is 5.93. The van der Waals surface area contributed by atoms with Gasteiger partial charge in [0.05, 0.1) is 11.6 Å². The number of carbonyl (C=O) groups is 1. The standard InChI is InChI=1S/C16H20N2O2/c1-11(10-16(2,18)15(17)19)20-14-9-5-7-12-6-3-4-8-13(12)14/h3-9,11H,10,18H2,1-2H3,(H2,17,19). The molecule has 2 aromatic carbocycles. The topological polar surface area (TPSA) is 78.3 Å². The fourth-order valence-corrected chi connectivity index (χ4v) is 2.25. The molecule has 20 heavy (non-hydrogen) atoms. The van der Waals surface area contributed by atoms with Gasteiger partial charge in [-0.1, -0.05) is 36.4 Å². The molecular weight excluding hydrogens is 252 g/mol. The van der Waals surface area contributed by atoms with Gasteiger partial charge in [0.1, 0.15) is 5.75 Å². The second-order valence-corrected chi connectivity index (χ2v) is 5.39. The van der Waals surface area contributed by atoms with Gasteiger partial charge < -0.3 is 16.2 Å². The van der Waals surface area contributed by atoms with Crippen molar-refractivity contribution < 1.29 is 9.53 Å². The Morgan fingerprint density at radius 3 is 2.60 bits per heavy atom. The van der Waals surface area contributed by atoms with Gasteiger partial charge in [-0.05, 0) is 25.3 Å². The first-order valence-electron chi connectivity index (χ1n) is 6.63. The molecule has 0 bridgehead atoms. The zero-order valence-corrected chi connectivity index (χ0v) is 11.8. The monoisotopic (exact) mass is 272 g/mol. The lowest BCUT2D eigenvalue weighted by Gasteiger charge is -2.25. The maximum atomic E-state index is 11.3. The number of primary amides is 1. The molecule has 106 valence electrons. The normalized spacial score (nSPS) is 15.6. The van der Waals surface area contributed by atoms with Crippen molar-refractivity contribution in [2.75, 3.05) is 0 Å². The number of hydrogen-bond acceptors (Lipinski definition) is 3. The molecular formula is C16H20N2O2. The number of ether oxygens (including phenoxy) is 1. The molecule has 0 spiro atoms. The molecule has 0 aromatic heterocycles. The van der Waals surface area contributed by atoms with Crippen molar-refractivity contribution in [3.8, 4) is 5.75 Å². The predicted octanol–water partition coefficient (Wildman–Crippen LogP) is 2.20. The number of fused-ring (bicyclic) bond motifs is 1. The highest BCUT2D eigenvalue weighted by atomic mass is 16.5. The lowest BCUT2D eigenvalue weighted by molar-refractivity contribution is -0.123. The van der Waals surface area contributed by atoms with E-state index in [1.165, 1.54) is 0 Å². The number of nitrogens with two attached hydrogens (primary N) is 2. The van der Waals surface area contributed by atoms with Crippen LogP contribution in [0.25, 0.3) is 10.8 Å². The molecule has 0 heterocycles. The summed E-state index contributed by atoms with van der Waals surface area (Å²) in [5, 5.41) is 2.15. The molecule has 4 nitrogen and oxygen atoms in total. The third-order valence-electron chi connectivity index (χ3n) is 3.35. The Morgan fingerprint density at radius 2 is 1.90 bits per heavy atom. The Hall–Kier alpha value is -2.07. The molecule has 0 saturated carbocycles. The third-order valence-corrected chi connectivity index (χ3v) is 3.35. The molecule has 2 atom stereocenters. The summed E-state index contributed by atoms with van der Waals surface area (Å²) in [6.45, 7) is 3.51. The van der Waals surface area contributed by atoms with Gasteiger partial charge in [-0.3, -0.25) is 4.79 Å². The molecule has 0 aliphatic rings. The Balaban J connectivity index is 2.18. The van der Waals surface area contributed by atoms with Crippen molar-refractivity contribution in [1.29, 1.82) is 0 Å². The maximum absolute atomic E-state index is 11.3. The Morgan fingerprint density at radius 1 is 1.25 bits per heavy atom. The summed E-state index contributed by atoms with van der Waals surface area (Å²) in [5.74, 6) is 0.266. The van der Waals surface area contributed by atoms with Crippen LogP contribution in [-0.4, -0.2) is 17.6 Å². The highest BCUT2D eigenvalue weighted by Gasteiger charge is 2.28. The van der Waals surface area contributed by atoms with Crippen molar-refractivity contribution in [2.24, 2.45) is 11.5 Å². The van der Waals surface area contributed by atoms with E-state index in [0.717, 1.165) is 16.5 Å². The molecule has 2 unspecified atom stereocenters. The Labute approximate surface area is 118 Å². The SMILES string of the molecule is CC(CC(C)(N)C(N)=O)Oc1cccc2ccccc12. The molecule has 2 rings (SSSR count). The number of rotatable bonds is 5. The lowest BCUT2D eigenvalue weighted by Crippen LogP contribution is -2.51. The van der Waals surface area contributed by atoms with E-state index in [1.54, 1.807) is 6.92 Å². The van der Waals surface area contributed by atoms with Crippen LogP contribution in [0.1, 0.15) is 20.3 Å². The van der Waals surface area contributed by atoms with Crippen LogP contribution in [-0.2, 0) is 4.79 Å². The van der Waals surface area contributed by atoms with E-state index in [1.807, 2.05) is 49.4 Å². The largest absolute Gasteiger partial charge is 0.490 e. The summed E-state index contributed by atoms with van der Waals surface area (Å²) in [4.78, 5) is 11.3. The van der Waals surface area contributed by atoms with Crippen molar-refractivity contribution in [3.63, 3.8) is 0 Å². The molecule has 0 fully saturated rings. The van der Waals surface area contributed by atoms with Crippen LogP contribution in [0.2, 0.25) is 0 Å². The van der Waals surface area contributed by atoms with Gasteiger partial charge in [0, 0.05) is 11.8 Å². The number of hydrogen-bond donors (Lipinski definition) is 2. The van der Waals surface area contributed by atoms with Crippen molar-refractivity contribution in [1.82, 2.24) is 0 Å². The Bertz CT molecular complexity index is 617. The second kappa shape index (κ2) is 5.51. The highest BCUT2D eigenvalue weighted by molar-refractivity contribution is 5.88. The minimum Gasteiger partial charge on any atom is -0.490 e. The molecule has 4 N–H and O–H groups in total. The summed E-state index contributed by atoms with van der Waals surface area (Å²) in [7, 11) is 0. The molecule has 0 aliphatic heterocycles. The molecule has 0 aliphatic carbocycles. The number of carbonyl (C=O) groups excluding carboxylic acids is 1. The predicted molar refractivity (Wildman–Crippen MR) is 80.4 cm³/mol. The summed E-state index contributed by atoms with van der Waals surface area (Å²) >= 11 is 0. The van der Waals surface area contributed by atoms with Crippen LogP contribution in [0.4, 0.5) is 0 Å². The minimum absolute atomic E-state index is 0.205. The highest BCUT2D eigenvalue weighted by Crippen LogP contribution is 2.27. The van der Waals surface area contributed by atoms with Gasteiger partial charge in [0.15, 0.2) is 0 Å². The van der Waals surface area contributed by atoms with E-state index in [0.29, 0.717) is 6.42 Å². The van der Waals surface area contributed by atoms with Gasteiger partial charge in [-0.15, -0.1) is 0 Å². The van der Waals surface area contributed by atoms with Gasteiger partial charge in [-0.2, -0.15) is 0 Å². The number of amides is 1. The van der Waals surface area contributed by atoms with Gasteiger partial charge in [0.25, 0.3) is 0 Å². The molecule has 2 aromatic rings.